The van der Waals surface area contributed by atoms with Crippen LogP contribution in [0.4, 0.5) is 0 Å². The Morgan fingerprint density at radius 1 is 0.636 bits per heavy atom. The minimum Gasteiger partial charge on any atom is -2.00 e. The zero-order valence-corrected chi connectivity index (χ0v) is 15.8. The number of hydrogen-bond acceptors (Lipinski definition) is 2. The second-order valence-electron chi connectivity index (χ2n) is 6.07. The van der Waals surface area contributed by atoms with Crippen LogP contribution in [-0.4, -0.2) is 23.3 Å². The fourth-order valence-electron chi connectivity index (χ4n) is 2.64. The molecule has 0 atom stereocenters. The van der Waals surface area contributed by atoms with E-state index in [0.29, 0.717) is 0 Å². The molecule has 0 rings (SSSR count). The van der Waals surface area contributed by atoms with Gasteiger partial charge in [-0.15, -0.1) is 0 Å². The Bertz CT molecular complexity index is 211. The molecule has 0 saturated heterocycles. The average molecular weight is 326 g/mol. The van der Waals surface area contributed by atoms with E-state index < -0.39 is 5.97 Å². The first-order valence-electron chi connectivity index (χ1n) is 8.97. The van der Waals surface area contributed by atoms with Gasteiger partial charge in [-0.1, -0.05) is 96.8 Å². The second kappa shape index (κ2) is 23.2. The first kappa shape index (κ1) is 26.8. The van der Waals surface area contributed by atoms with E-state index in [0.717, 1.165) is 12.8 Å². The van der Waals surface area contributed by atoms with Crippen molar-refractivity contribution in [3.63, 3.8) is 0 Å². The molecule has 0 saturated carbocycles. The summed E-state index contributed by atoms with van der Waals surface area (Å²) in [6.45, 7) is 2.27. The van der Waals surface area contributed by atoms with Crippen LogP contribution in [0.5, 0.6) is 0 Å². The van der Waals surface area contributed by atoms with Crippen LogP contribution in [0.2, 0.25) is 0 Å². The van der Waals surface area contributed by atoms with Gasteiger partial charge in [0.1, 0.15) is 0 Å². The molecule has 0 aromatic heterocycles. The summed E-state index contributed by atoms with van der Waals surface area (Å²) in [5.41, 5.74) is 0. The van der Waals surface area contributed by atoms with Crippen LogP contribution in [-0.2, 0) is 10.3 Å². The Morgan fingerprint density at radius 3 is 1.18 bits per heavy atom. The van der Waals surface area contributed by atoms with Crippen LogP contribution < -0.4 is 5.11 Å². The van der Waals surface area contributed by atoms with E-state index in [4.69, 9.17) is 0 Å². The molecule has 0 aromatic rings. The molecule has 0 amide bonds. The molecule has 22 heavy (non-hydrogen) atoms. The predicted octanol–water partition coefficient (Wildman–Crippen LogP) is 4.50. The Morgan fingerprint density at radius 2 is 0.909 bits per heavy atom. The van der Waals surface area contributed by atoms with E-state index in [2.05, 4.69) is 6.92 Å². The second-order valence-corrected chi connectivity index (χ2v) is 6.07. The van der Waals surface area contributed by atoms with Gasteiger partial charge in [0.2, 0.25) is 0 Å². The molecule has 0 aliphatic heterocycles. The van der Waals surface area contributed by atoms with Gasteiger partial charge in [0.15, 0.2) is 0 Å². The zero-order chi connectivity index (χ0) is 14.9. The third-order valence-electron chi connectivity index (χ3n) is 3.98. The maximum absolute atomic E-state index is 10.2. The number of unbranched alkanes of at least 4 members (excludes halogenated alkanes) is 14. The molecule has 0 aliphatic carbocycles. The maximum atomic E-state index is 10.2. The van der Waals surface area contributed by atoms with Crippen molar-refractivity contribution in [2.75, 3.05) is 0 Å². The molecule has 0 heterocycles. The maximum Gasteiger partial charge on any atom is 3.00 e. The molecular formula is C18H35AlO3. The van der Waals surface area contributed by atoms with Gasteiger partial charge in [-0.2, -0.15) is 0 Å². The van der Waals surface area contributed by atoms with Crippen LogP contribution >= 0.6 is 0 Å². The number of carboxylic acid groups (broad SMARTS) is 1. The Labute approximate surface area is 148 Å². The van der Waals surface area contributed by atoms with Gasteiger partial charge >= 0.3 is 17.4 Å². The monoisotopic (exact) mass is 326 g/mol. The average Bonchev–Trinajstić information content (AvgIpc) is 2.43. The summed E-state index contributed by atoms with van der Waals surface area (Å²) in [6, 6.07) is 0. The number of aliphatic carboxylic acids is 1. The quantitative estimate of drug-likeness (QED) is 0.309. The number of carbonyl (C=O) groups is 1. The van der Waals surface area contributed by atoms with Gasteiger partial charge in [0, 0.05) is 5.97 Å². The summed E-state index contributed by atoms with van der Waals surface area (Å²) in [5, 5.41) is 10.2. The van der Waals surface area contributed by atoms with E-state index in [9.17, 15) is 9.90 Å². The minimum atomic E-state index is -0.903. The number of carboxylic acids is 1. The summed E-state index contributed by atoms with van der Waals surface area (Å²) in [4.78, 5) is 10.2. The normalized spacial score (nSPS) is 9.86. The summed E-state index contributed by atoms with van der Waals surface area (Å²) >= 11 is 0. The van der Waals surface area contributed by atoms with Gasteiger partial charge in [0.05, 0.1) is 0 Å². The topological polar surface area (TPSA) is 68.6 Å². The smallest absolute Gasteiger partial charge is 2.00 e. The van der Waals surface area contributed by atoms with Gasteiger partial charge in [-0.3, -0.25) is 0 Å². The molecule has 0 spiro atoms. The molecule has 0 fully saturated rings. The molecule has 0 bridgehead atoms. The number of carbonyl (C=O) groups excluding carboxylic acids is 1. The summed E-state index contributed by atoms with van der Waals surface area (Å²) < 4.78 is 0. The van der Waals surface area contributed by atoms with Crippen LogP contribution in [0.3, 0.4) is 0 Å². The van der Waals surface area contributed by atoms with E-state index in [1.54, 1.807) is 0 Å². The predicted molar refractivity (Wildman–Crippen MR) is 91.0 cm³/mol. The zero-order valence-electron chi connectivity index (χ0n) is 14.6. The Kier molecular flexibility index (Phi) is 28.3. The molecule has 0 radical (unpaired) electrons. The van der Waals surface area contributed by atoms with Crippen molar-refractivity contribution in [3.05, 3.63) is 0 Å². The van der Waals surface area contributed by atoms with E-state index in [1.807, 2.05) is 0 Å². The molecule has 0 unspecified atom stereocenters. The van der Waals surface area contributed by atoms with Crippen molar-refractivity contribution in [1.82, 2.24) is 0 Å². The van der Waals surface area contributed by atoms with E-state index in [-0.39, 0.29) is 29.3 Å². The van der Waals surface area contributed by atoms with E-state index >= 15 is 0 Å². The molecule has 0 aromatic carbocycles. The third-order valence-corrected chi connectivity index (χ3v) is 3.98. The standard InChI is InChI=1S/C18H36O2.Al.O/c1-2-3-4-5-6-7-8-9-10-11-12-13-14-15-16-17-18(19)20;;/h2-17H2,1H3,(H,19,20);;/q;+3;-2/p-1. The fraction of sp³-hybridized carbons (Fsp3) is 0.944. The van der Waals surface area contributed by atoms with Gasteiger partial charge < -0.3 is 15.4 Å². The molecule has 0 N–H and O–H groups in total. The van der Waals surface area contributed by atoms with Crippen LogP contribution in [0.15, 0.2) is 0 Å². The number of rotatable bonds is 16. The summed E-state index contributed by atoms with van der Waals surface area (Å²) in [6.07, 6.45) is 19.9. The Hall–Kier alpha value is -0.0375. The first-order valence-corrected chi connectivity index (χ1v) is 8.97. The largest absolute Gasteiger partial charge is 3.00 e. The van der Waals surface area contributed by atoms with Crippen LogP contribution in [0, 0.1) is 0 Å². The SMILES string of the molecule is CCCCCCCCCCCCCCCCCC(=O)[O-].[Al+3].[O-2]. The third kappa shape index (κ3) is 24.9. The molecule has 128 valence electrons. The molecular weight excluding hydrogens is 291 g/mol. The van der Waals surface area contributed by atoms with E-state index in [1.165, 1.54) is 83.5 Å². The molecule has 3 nitrogen and oxygen atoms in total. The summed E-state index contributed by atoms with van der Waals surface area (Å²) in [7, 11) is 0. The molecule has 4 heteroatoms. The summed E-state index contributed by atoms with van der Waals surface area (Å²) in [5.74, 6) is -0.903. The first-order chi connectivity index (χ1) is 9.77. The minimum absolute atomic E-state index is 0. The fourth-order valence-corrected chi connectivity index (χ4v) is 2.64. The van der Waals surface area contributed by atoms with Crippen molar-refractivity contribution in [2.24, 2.45) is 0 Å². The Balaban J connectivity index is -0.00000180. The molecule has 0 aliphatic rings. The number of hydrogen-bond donors (Lipinski definition) is 0. The van der Waals surface area contributed by atoms with Crippen molar-refractivity contribution in [1.29, 1.82) is 0 Å². The van der Waals surface area contributed by atoms with Crippen LogP contribution in [0.1, 0.15) is 110 Å². The van der Waals surface area contributed by atoms with Crippen molar-refractivity contribution in [3.8, 4) is 0 Å². The van der Waals surface area contributed by atoms with Gasteiger partial charge in [-0.05, 0) is 12.8 Å². The van der Waals surface area contributed by atoms with Crippen molar-refractivity contribution >= 4 is 23.3 Å². The van der Waals surface area contributed by atoms with Gasteiger partial charge in [0.25, 0.3) is 0 Å². The van der Waals surface area contributed by atoms with Crippen molar-refractivity contribution < 1.29 is 15.4 Å². The van der Waals surface area contributed by atoms with Gasteiger partial charge in [-0.25, -0.2) is 0 Å². The van der Waals surface area contributed by atoms with Crippen LogP contribution in [0.25, 0.3) is 0 Å². The van der Waals surface area contributed by atoms with Crippen molar-refractivity contribution in [2.45, 2.75) is 110 Å².